The molecule has 140 valence electrons. The number of aryl methyl sites for hydroxylation is 1. The fraction of sp³-hybridized carbons (Fsp3) is 0.182. The number of aromatic nitrogens is 2. The maximum absolute atomic E-state index is 15.4. The maximum atomic E-state index is 15.4. The van der Waals surface area contributed by atoms with Gasteiger partial charge in [0.15, 0.2) is 0 Å². The molecule has 5 nitrogen and oxygen atoms in total. The average molecular weight is 374 g/mol. The van der Waals surface area contributed by atoms with Crippen molar-refractivity contribution in [3.63, 3.8) is 0 Å². The standard InChI is InChI=1S/C22H19FN4O/c1-26-12-18-15(6-3-9-19(18)25-26)16-7-2-5-14(21(16)23)11-27-13-20-17(22(27)28)8-4-10-24-20/h2-10,12,20,24H,11,13H2,1H3. The van der Waals surface area contributed by atoms with Crippen molar-refractivity contribution >= 4 is 16.8 Å². The van der Waals surface area contributed by atoms with Gasteiger partial charge in [0.25, 0.3) is 5.91 Å². The molecule has 6 heteroatoms. The number of rotatable bonds is 3. The Balaban J connectivity index is 1.51. The van der Waals surface area contributed by atoms with E-state index in [1.54, 1.807) is 21.7 Å². The summed E-state index contributed by atoms with van der Waals surface area (Å²) in [6, 6.07) is 11.1. The van der Waals surface area contributed by atoms with Gasteiger partial charge in [0.1, 0.15) is 5.82 Å². The first-order chi connectivity index (χ1) is 13.6. The molecular formula is C22H19FN4O. The Hall–Kier alpha value is -3.41. The predicted molar refractivity (Wildman–Crippen MR) is 106 cm³/mol. The van der Waals surface area contributed by atoms with Crippen LogP contribution in [0.25, 0.3) is 22.0 Å². The van der Waals surface area contributed by atoms with Crippen molar-refractivity contribution in [3.8, 4) is 11.1 Å². The summed E-state index contributed by atoms with van der Waals surface area (Å²) in [6.07, 6.45) is 7.39. The second-order valence-electron chi connectivity index (χ2n) is 7.21. The molecule has 3 heterocycles. The molecule has 0 aliphatic carbocycles. The zero-order valence-electron chi connectivity index (χ0n) is 15.4. The van der Waals surface area contributed by atoms with E-state index in [0.717, 1.165) is 22.0 Å². The zero-order chi connectivity index (χ0) is 19.3. The molecule has 28 heavy (non-hydrogen) atoms. The van der Waals surface area contributed by atoms with E-state index in [9.17, 15) is 4.79 Å². The van der Waals surface area contributed by atoms with Crippen molar-refractivity contribution in [2.75, 3.05) is 6.54 Å². The Morgan fingerprint density at radius 1 is 1.21 bits per heavy atom. The van der Waals surface area contributed by atoms with Gasteiger partial charge >= 0.3 is 0 Å². The van der Waals surface area contributed by atoms with Crippen LogP contribution < -0.4 is 5.32 Å². The van der Waals surface area contributed by atoms with Crippen LogP contribution in [-0.4, -0.2) is 33.2 Å². The number of dihydropyridines is 1. The third-order valence-corrected chi connectivity index (χ3v) is 5.38. The van der Waals surface area contributed by atoms with Gasteiger partial charge in [-0.15, -0.1) is 0 Å². The first-order valence-electron chi connectivity index (χ1n) is 9.24. The molecule has 1 N–H and O–H groups in total. The van der Waals surface area contributed by atoms with Crippen LogP contribution >= 0.6 is 0 Å². The molecule has 1 unspecified atom stereocenters. The fourth-order valence-electron chi connectivity index (χ4n) is 4.03. The molecule has 2 aliphatic heterocycles. The van der Waals surface area contributed by atoms with E-state index < -0.39 is 0 Å². The monoisotopic (exact) mass is 374 g/mol. The number of benzene rings is 2. The van der Waals surface area contributed by atoms with Crippen molar-refractivity contribution in [1.82, 2.24) is 20.0 Å². The van der Waals surface area contributed by atoms with Gasteiger partial charge in [-0.25, -0.2) is 4.39 Å². The molecule has 0 saturated carbocycles. The largest absolute Gasteiger partial charge is 0.382 e. The molecule has 0 bridgehead atoms. The van der Waals surface area contributed by atoms with E-state index >= 15 is 4.39 Å². The molecule has 3 aromatic rings. The smallest absolute Gasteiger partial charge is 0.252 e. The van der Waals surface area contributed by atoms with E-state index in [0.29, 0.717) is 17.7 Å². The number of hydrogen-bond acceptors (Lipinski definition) is 3. The number of nitrogens with one attached hydrogen (secondary N) is 1. The highest BCUT2D eigenvalue weighted by atomic mass is 19.1. The molecule has 5 rings (SSSR count). The molecule has 1 atom stereocenters. The molecular weight excluding hydrogens is 355 g/mol. The second kappa shape index (κ2) is 6.34. The number of carbonyl (C=O) groups is 1. The van der Waals surface area contributed by atoms with E-state index in [1.807, 2.05) is 55.9 Å². The predicted octanol–water partition coefficient (Wildman–Crippen LogP) is 3.13. The van der Waals surface area contributed by atoms with Crippen molar-refractivity contribution < 1.29 is 9.18 Å². The van der Waals surface area contributed by atoms with E-state index in [4.69, 9.17) is 0 Å². The number of likely N-dealkylation sites (tertiary alicyclic amines) is 1. The minimum absolute atomic E-state index is 0.0205. The summed E-state index contributed by atoms with van der Waals surface area (Å²) < 4.78 is 17.2. The Labute approximate surface area is 161 Å². The van der Waals surface area contributed by atoms with Crippen LogP contribution in [0, 0.1) is 5.82 Å². The first kappa shape index (κ1) is 16.7. The summed E-state index contributed by atoms with van der Waals surface area (Å²) in [4.78, 5) is 14.3. The third-order valence-electron chi connectivity index (χ3n) is 5.38. The van der Waals surface area contributed by atoms with Gasteiger partial charge in [0.05, 0.1) is 11.6 Å². The molecule has 2 aromatic carbocycles. The quantitative estimate of drug-likeness (QED) is 0.766. The van der Waals surface area contributed by atoms with Gasteiger partial charge in [0, 0.05) is 48.4 Å². The molecule has 0 radical (unpaired) electrons. The van der Waals surface area contributed by atoms with Gasteiger partial charge in [-0.1, -0.05) is 30.3 Å². The summed E-state index contributed by atoms with van der Waals surface area (Å²) in [6.45, 7) is 0.786. The van der Waals surface area contributed by atoms with Crippen LogP contribution in [0.4, 0.5) is 4.39 Å². The molecule has 2 aliphatic rings. The number of hydrogen-bond donors (Lipinski definition) is 1. The Morgan fingerprint density at radius 2 is 2.04 bits per heavy atom. The van der Waals surface area contributed by atoms with Gasteiger partial charge in [-0.2, -0.15) is 5.10 Å². The molecule has 1 saturated heterocycles. The number of nitrogens with zero attached hydrogens (tertiary/aromatic N) is 3. The summed E-state index contributed by atoms with van der Waals surface area (Å²) >= 11 is 0. The summed E-state index contributed by atoms with van der Waals surface area (Å²) in [5, 5.41) is 8.50. The van der Waals surface area contributed by atoms with Crippen molar-refractivity contribution in [3.05, 3.63) is 77.9 Å². The van der Waals surface area contributed by atoms with E-state index in [2.05, 4.69) is 10.4 Å². The van der Waals surface area contributed by atoms with Gasteiger partial charge < -0.3 is 10.2 Å². The highest BCUT2D eigenvalue weighted by Crippen LogP contribution is 2.32. The second-order valence-corrected chi connectivity index (χ2v) is 7.21. The topological polar surface area (TPSA) is 50.2 Å². The summed E-state index contributed by atoms with van der Waals surface area (Å²) in [7, 11) is 1.85. The van der Waals surface area contributed by atoms with Crippen LogP contribution in [0.1, 0.15) is 5.56 Å². The number of fused-ring (bicyclic) bond motifs is 2. The Bertz CT molecular complexity index is 1160. The van der Waals surface area contributed by atoms with Crippen LogP contribution in [0.2, 0.25) is 0 Å². The molecule has 1 aromatic heterocycles. The third kappa shape index (κ3) is 2.60. The van der Waals surface area contributed by atoms with Crippen LogP contribution in [-0.2, 0) is 18.4 Å². The number of allylic oxidation sites excluding steroid dienone is 2. The first-order valence-corrected chi connectivity index (χ1v) is 9.24. The highest BCUT2D eigenvalue weighted by Gasteiger charge is 2.35. The van der Waals surface area contributed by atoms with Crippen molar-refractivity contribution in [2.24, 2.45) is 7.05 Å². The van der Waals surface area contributed by atoms with Gasteiger partial charge in [-0.3, -0.25) is 9.48 Å². The van der Waals surface area contributed by atoms with Crippen LogP contribution in [0.15, 0.2) is 66.5 Å². The lowest BCUT2D eigenvalue weighted by atomic mass is 9.99. The highest BCUT2D eigenvalue weighted by molar-refractivity contribution is 5.98. The van der Waals surface area contributed by atoms with E-state index in [-0.39, 0.29) is 24.3 Å². The Morgan fingerprint density at radius 3 is 2.89 bits per heavy atom. The lowest BCUT2D eigenvalue weighted by Crippen LogP contribution is -2.30. The summed E-state index contributed by atoms with van der Waals surface area (Å²) in [5.41, 5.74) is 3.41. The minimum atomic E-state index is -0.290. The lowest BCUT2D eigenvalue weighted by molar-refractivity contribution is -0.125. The van der Waals surface area contributed by atoms with Crippen molar-refractivity contribution in [1.29, 1.82) is 0 Å². The summed E-state index contributed by atoms with van der Waals surface area (Å²) in [5.74, 6) is -0.331. The normalized spacial score (nSPS) is 18.4. The van der Waals surface area contributed by atoms with Crippen LogP contribution in [0.3, 0.4) is 0 Å². The fourth-order valence-corrected chi connectivity index (χ4v) is 4.03. The van der Waals surface area contributed by atoms with Crippen molar-refractivity contribution in [2.45, 2.75) is 12.6 Å². The Kier molecular flexibility index (Phi) is 3.79. The molecule has 0 spiro atoms. The van der Waals surface area contributed by atoms with E-state index in [1.165, 1.54) is 0 Å². The SMILES string of the molecule is Cn1cc2c(-c3cccc(CN4CC5NC=CC=C5C4=O)c3F)cccc2n1. The zero-order valence-corrected chi connectivity index (χ0v) is 15.4. The lowest BCUT2D eigenvalue weighted by Gasteiger charge is -2.18. The average Bonchev–Trinajstić information content (AvgIpc) is 3.23. The van der Waals surface area contributed by atoms with Gasteiger partial charge in [-0.05, 0) is 30.0 Å². The number of halogens is 1. The number of carbonyl (C=O) groups excluding carboxylic acids is 1. The van der Waals surface area contributed by atoms with Gasteiger partial charge in [0.2, 0.25) is 0 Å². The minimum Gasteiger partial charge on any atom is -0.382 e. The van der Waals surface area contributed by atoms with Crippen LogP contribution in [0.5, 0.6) is 0 Å². The maximum Gasteiger partial charge on any atom is 0.252 e. The number of amides is 1. The molecule has 1 amide bonds. The molecule has 1 fully saturated rings.